The summed E-state index contributed by atoms with van der Waals surface area (Å²) in [4.78, 5) is 12.9. The Morgan fingerprint density at radius 2 is 1.71 bits per heavy atom. The number of sulfonamides is 1. The summed E-state index contributed by atoms with van der Waals surface area (Å²) in [6.07, 6.45) is 0. The van der Waals surface area contributed by atoms with E-state index in [1.807, 2.05) is 0 Å². The number of hydrogen-bond donors (Lipinski definition) is 2. The van der Waals surface area contributed by atoms with Crippen molar-refractivity contribution in [2.24, 2.45) is 10.6 Å². The monoisotopic (exact) mass is 404 g/mol. The van der Waals surface area contributed by atoms with Crippen LogP contribution in [0, 0.1) is 5.41 Å². The zero-order chi connectivity index (χ0) is 20.7. The third-order valence-corrected chi connectivity index (χ3v) is 6.26. The van der Waals surface area contributed by atoms with Gasteiger partial charge in [-0.15, -0.1) is 0 Å². The van der Waals surface area contributed by atoms with E-state index in [1.54, 1.807) is 37.4 Å². The second kappa shape index (κ2) is 7.10. The predicted molar refractivity (Wildman–Crippen MR) is 105 cm³/mol. The van der Waals surface area contributed by atoms with Crippen LogP contribution in [0.3, 0.4) is 0 Å². The van der Waals surface area contributed by atoms with Crippen LogP contribution in [-0.4, -0.2) is 34.6 Å². The van der Waals surface area contributed by atoms with Gasteiger partial charge < -0.3 is 14.8 Å². The fraction of sp³-hybridized carbons (Fsp3) is 0.350. The molecule has 0 spiro atoms. The quantitative estimate of drug-likeness (QED) is 0.768. The summed E-state index contributed by atoms with van der Waals surface area (Å²) in [7, 11) is -0.678. The maximum atomic E-state index is 12.8. The maximum Gasteiger partial charge on any atom is 0.255 e. The summed E-state index contributed by atoms with van der Waals surface area (Å²) in [5.41, 5.74) is 1.21. The Balaban J connectivity index is 1.79. The number of ether oxygens (including phenoxy) is 2. The zero-order valence-electron chi connectivity index (χ0n) is 16.2. The molecule has 2 unspecified atom stereocenters. The third kappa shape index (κ3) is 3.70. The van der Waals surface area contributed by atoms with Crippen LogP contribution in [-0.2, 0) is 10.0 Å². The van der Waals surface area contributed by atoms with E-state index in [0.29, 0.717) is 17.1 Å². The van der Waals surface area contributed by atoms with E-state index in [1.165, 1.54) is 19.2 Å². The molecule has 2 aromatic rings. The van der Waals surface area contributed by atoms with Crippen molar-refractivity contribution in [1.82, 2.24) is 5.32 Å². The molecule has 0 saturated heterocycles. The molecule has 3 rings (SSSR count). The molecule has 1 aliphatic rings. The molecule has 1 amide bonds. The number of rotatable bonds is 6. The molecule has 1 fully saturated rings. The summed E-state index contributed by atoms with van der Waals surface area (Å²) >= 11 is 0. The van der Waals surface area contributed by atoms with Gasteiger partial charge >= 0.3 is 0 Å². The van der Waals surface area contributed by atoms with Gasteiger partial charge in [-0.2, -0.15) is 0 Å². The lowest BCUT2D eigenvalue weighted by Crippen LogP contribution is -2.29. The first-order valence-corrected chi connectivity index (χ1v) is 10.3. The lowest BCUT2D eigenvalue weighted by atomic mass is 10.0. The van der Waals surface area contributed by atoms with Crippen molar-refractivity contribution in [2.75, 3.05) is 14.2 Å². The predicted octanol–water partition coefficient (Wildman–Crippen LogP) is 2.27. The summed E-state index contributed by atoms with van der Waals surface area (Å²) in [6, 6.07) is 11.4. The topological polar surface area (TPSA) is 108 Å². The lowest BCUT2D eigenvalue weighted by Gasteiger charge is -2.11. The number of amides is 1. The van der Waals surface area contributed by atoms with Gasteiger partial charge in [0.1, 0.15) is 11.5 Å². The summed E-state index contributed by atoms with van der Waals surface area (Å²) in [6.45, 7) is 4.11. The first-order chi connectivity index (χ1) is 13.1. The zero-order valence-corrected chi connectivity index (χ0v) is 17.0. The van der Waals surface area contributed by atoms with Gasteiger partial charge in [-0.3, -0.25) is 4.79 Å². The van der Waals surface area contributed by atoms with Gasteiger partial charge in [-0.1, -0.05) is 26.0 Å². The smallest absolute Gasteiger partial charge is 0.255 e. The molecule has 0 aromatic heterocycles. The fourth-order valence-electron chi connectivity index (χ4n) is 3.60. The van der Waals surface area contributed by atoms with Crippen LogP contribution in [0.2, 0.25) is 0 Å². The van der Waals surface area contributed by atoms with Crippen LogP contribution in [0.4, 0.5) is 0 Å². The highest BCUT2D eigenvalue weighted by Gasteiger charge is 2.59. The molecule has 28 heavy (non-hydrogen) atoms. The lowest BCUT2D eigenvalue weighted by molar-refractivity contribution is 0.0943. The van der Waals surface area contributed by atoms with Crippen LogP contribution in [0.1, 0.15) is 35.7 Å². The minimum Gasteiger partial charge on any atom is -0.497 e. The van der Waals surface area contributed by atoms with Crippen molar-refractivity contribution in [3.05, 3.63) is 53.6 Å². The van der Waals surface area contributed by atoms with Gasteiger partial charge in [0.05, 0.1) is 24.7 Å². The average Bonchev–Trinajstić information content (AvgIpc) is 3.20. The molecular formula is C20H24N2O5S. The minimum absolute atomic E-state index is 0.0650. The molecule has 150 valence electrons. The molecule has 2 aromatic carbocycles. The molecule has 1 aliphatic carbocycles. The Hall–Kier alpha value is -2.58. The van der Waals surface area contributed by atoms with Crippen LogP contribution in [0.5, 0.6) is 11.5 Å². The number of nitrogens with two attached hydrogens (primary N) is 1. The van der Waals surface area contributed by atoms with Crippen molar-refractivity contribution in [3.8, 4) is 11.5 Å². The second-order valence-corrected chi connectivity index (χ2v) is 8.99. The van der Waals surface area contributed by atoms with E-state index in [-0.39, 0.29) is 28.2 Å². The van der Waals surface area contributed by atoms with Gasteiger partial charge in [-0.05, 0) is 35.2 Å². The van der Waals surface area contributed by atoms with E-state index < -0.39 is 10.0 Å². The number of carbonyl (C=O) groups excluding carboxylic acids is 1. The Bertz CT molecular complexity index is 1000. The van der Waals surface area contributed by atoms with E-state index >= 15 is 0 Å². The highest BCUT2D eigenvalue weighted by Crippen LogP contribution is 2.58. The molecule has 0 aliphatic heterocycles. The minimum atomic E-state index is -3.73. The standard InChI is InChI=1S/C20H24N2O5S/c1-20(2)17(12-5-8-14(9-6-12)28(21,24)25)18(20)22-19(23)15-10-7-13(26-3)11-16(15)27-4/h5-11,17-18H,1-4H3,(H,22,23)(H2,21,24,25). The van der Waals surface area contributed by atoms with Crippen LogP contribution >= 0.6 is 0 Å². The number of carbonyl (C=O) groups is 1. The highest BCUT2D eigenvalue weighted by molar-refractivity contribution is 7.89. The van der Waals surface area contributed by atoms with E-state index in [9.17, 15) is 13.2 Å². The van der Waals surface area contributed by atoms with Gasteiger partial charge in [0.2, 0.25) is 10.0 Å². The molecule has 0 radical (unpaired) electrons. The van der Waals surface area contributed by atoms with Crippen molar-refractivity contribution < 1.29 is 22.7 Å². The molecule has 3 N–H and O–H groups in total. The number of nitrogens with one attached hydrogen (secondary N) is 1. The Kier molecular flexibility index (Phi) is 5.12. The molecular weight excluding hydrogens is 380 g/mol. The SMILES string of the molecule is COc1ccc(C(=O)NC2C(c3ccc(S(N)(=O)=O)cc3)C2(C)C)c(OC)c1. The van der Waals surface area contributed by atoms with Gasteiger partial charge in [0.25, 0.3) is 5.91 Å². The number of methoxy groups -OCH3 is 2. The van der Waals surface area contributed by atoms with Gasteiger partial charge in [-0.25, -0.2) is 13.6 Å². The highest BCUT2D eigenvalue weighted by atomic mass is 32.2. The fourth-order valence-corrected chi connectivity index (χ4v) is 4.11. The number of hydrogen-bond acceptors (Lipinski definition) is 5. The summed E-state index contributed by atoms with van der Waals surface area (Å²) in [5.74, 6) is 0.869. The van der Waals surface area contributed by atoms with Crippen molar-refractivity contribution in [1.29, 1.82) is 0 Å². The van der Waals surface area contributed by atoms with Crippen molar-refractivity contribution in [2.45, 2.75) is 30.7 Å². The Morgan fingerprint density at radius 1 is 1.07 bits per heavy atom. The van der Waals surface area contributed by atoms with E-state index in [4.69, 9.17) is 14.6 Å². The van der Waals surface area contributed by atoms with E-state index in [0.717, 1.165) is 5.56 Å². The van der Waals surface area contributed by atoms with Crippen molar-refractivity contribution >= 4 is 15.9 Å². The van der Waals surface area contributed by atoms with Crippen LogP contribution < -0.4 is 19.9 Å². The largest absolute Gasteiger partial charge is 0.497 e. The molecule has 0 heterocycles. The average molecular weight is 404 g/mol. The third-order valence-electron chi connectivity index (χ3n) is 5.34. The van der Waals surface area contributed by atoms with Crippen LogP contribution in [0.15, 0.2) is 47.4 Å². The van der Waals surface area contributed by atoms with Gasteiger partial charge in [0, 0.05) is 18.0 Å². The molecule has 7 nitrogen and oxygen atoms in total. The first kappa shape index (κ1) is 20.2. The maximum absolute atomic E-state index is 12.8. The van der Waals surface area contributed by atoms with Crippen LogP contribution in [0.25, 0.3) is 0 Å². The normalized spacial score (nSPS) is 20.3. The van der Waals surface area contributed by atoms with Gasteiger partial charge in [0.15, 0.2) is 0 Å². The summed E-state index contributed by atoms with van der Waals surface area (Å²) < 4.78 is 33.3. The molecule has 8 heteroatoms. The molecule has 0 bridgehead atoms. The Morgan fingerprint density at radius 3 is 2.25 bits per heavy atom. The molecule has 2 atom stereocenters. The first-order valence-electron chi connectivity index (χ1n) is 8.75. The Labute approximate surface area is 164 Å². The number of benzene rings is 2. The summed E-state index contributed by atoms with van der Waals surface area (Å²) in [5, 5.41) is 8.22. The second-order valence-electron chi connectivity index (χ2n) is 7.43. The van der Waals surface area contributed by atoms with E-state index in [2.05, 4.69) is 19.2 Å². The van der Waals surface area contributed by atoms with Crippen molar-refractivity contribution in [3.63, 3.8) is 0 Å². The molecule has 1 saturated carbocycles. The number of primary sulfonamides is 1.